The van der Waals surface area contributed by atoms with Crippen LogP contribution in [0.5, 0.6) is 0 Å². The van der Waals surface area contributed by atoms with Crippen molar-refractivity contribution < 1.29 is 14.4 Å². The summed E-state index contributed by atoms with van der Waals surface area (Å²) < 4.78 is 4.79. The van der Waals surface area contributed by atoms with Gasteiger partial charge >= 0.3 is 6.01 Å². The van der Waals surface area contributed by atoms with Crippen molar-refractivity contribution in [3.63, 3.8) is 0 Å². The second-order valence-corrected chi connectivity index (χ2v) is 3.48. The maximum atomic E-state index is 12.0. The summed E-state index contributed by atoms with van der Waals surface area (Å²) in [4.78, 5) is 19.8. The van der Waals surface area contributed by atoms with E-state index in [0.717, 1.165) is 0 Å². The van der Waals surface area contributed by atoms with Crippen LogP contribution in [0.3, 0.4) is 0 Å². The van der Waals surface area contributed by atoms with E-state index in [0.29, 0.717) is 17.0 Å². The first-order chi connectivity index (χ1) is 9.20. The first kappa shape index (κ1) is 12.7. The minimum absolute atomic E-state index is 0.0142. The van der Waals surface area contributed by atoms with Gasteiger partial charge in [-0.1, -0.05) is 17.0 Å². The SMILES string of the molecule is Cc1noc(NC(=O)c2ccncc2C#CCO)n1. The third kappa shape index (κ3) is 3.14. The van der Waals surface area contributed by atoms with Crippen LogP contribution in [0.15, 0.2) is 23.0 Å². The van der Waals surface area contributed by atoms with Crippen molar-refractivity contribution in [1.82, 2.24) is 15.1 Å². The van der Waals surface area contributed by atoms with E-state index in [-0.39, 0.29) is 12.6 Å². The molecule has 96 valence electrons. The predicted molar refractivity (Wildman–Crippen MR) is 65.2 cm³/mol. The Bertz CT molecular complexity index is 654. The third-order valence-electron chi connectivity index (χ3n) is 2.12. The molecular formula is C12H10N4O3. The van der Waals surface area contributed by atoms with Crippen molar-refractivity contribution in [2.75, 3.05) is 11.9 Å². The van der Waals surface area contributed by atoms with Gasteiger partial charge in [0.25, 0.3) is 5.91 Å². The number of nitrogens with zero attached hydrogens (tertiary/aromatic N) is 3. The topological polar surface area (TPSA) is 101 Å². The van der Waals surface area contributed by atoms with E-state index >= 15 is 0 Å². The largest absolute Gasteiger partial charge is 0.384 e. The Kier molecular flexibility index (Phi) is 3.85. The van der Waals surface area contributed by atoms with Gasteiger partial charge in [0.1, 0.15) is 6.61 Å². The fourth-order valence-electron chi connectivity index (χ4n) is 1.34. The molecule has 0 saturated heterocycles. The maximum Gasteiger partial charge on any atom is 0.328 e. The van der Waals surface area contributed by atoms with Gasteiger partial charge in [-0.25, -0.2) is 0 Å². The minimum Gasteiger partial charge on any atom is -0.384 e. The van der Waals surface area contributed by atoms with Crippen LogP contribution in [0, 0.1) is 18.8 Å². The summed E-state index contributed by atoms with van der Waals surface area (Å²) in [5.41, 5.74) is 0.720. The van der Waals surface area contributed by atoms with Crippen LogP contribution in [0.1, 0.15) is 21.7 Å². The van der Waals surface area contributed by atoms with Crippen molar-refractivity contribution >= 4 is 11.9 Å². The summed E-state index contributed by atoms with van der Waals surface area (Å²) in [5.74, 6) is 5.09. The standard InChI is InChI=1S/C12H10N4O3/c1-8-14-12(19-16-8)15-11(18)10-4-5-13-7-9(10)3-2-6-17/h4-5,7,17H,6H2,1H3,(H,14,15,16,18). The van der Waals surface area contributed by atoms with Crippen LogP contribution < -0.4 is 5.32 Å². The number of hydrogen-bond acceptors (Lipinski definition) is 6. The molecule has 0 aliphatic heterocycles. The molecule has 0 aliphatic rings. The number of rotatable bonds is 2. The van der Waals surface area contributed by atoms with E-state index in [1.165, 1.54) is 18.5 Å². The van der Waals surface area contributed by atoms with E-state index in [9.17, 15) is 4.79 Å². The van der Waals surface area contributed by atoms with Crippen molar-refractivity contribution in [3.05, 3.63) is 35.4 Å². The molecule has 1 amide bonds. The number of aliphatic hydroxyl groups excluding tert-OH is 1. The molecular weight excluding hydrogens is 248 g/mol. The molecule has 0 radical (unpaired) electrons. The molecule has 0 fully saturated rings. The van der Waals surface area contributed by atoms with E-state index in [1.54, 1.807) is 6.92 Å². The Morgan fingerprint density at radius 1 is 1.58 bits per heavy atom. The van der Waals surface area contributed by atoms with Gasteiger partial charge < -0.3 is 9.63 Å². The molecule has 0 aliphatic carbocycles. The van der Waals surface area contributed by atoms with E-state index in [1.807, 2.05) is 0 Å². The second kappa shape index (κ2) is 5.75. The Hall–Kier alpha value is -2.72. The van der Waals surface area contributed by atoms with Gasteiger partial charge in [-0.3, -0.25) is 15.1 Å². The average Bonchev–Trinajstić information content (AvgIpc) is 2.82. The highest BCUT2D eigenvalue weighted by molar-refractivity contribution is 6.04. The molecule has 2 heterocycles. The molecule has 19 heavy (non-hydrogen) atoms. The highest BCUT2D eigenvalue weighted by atomic mass is 16.5. The lowest BCUT2D eigenvalue weighted by atomic mass is 10.1. The normalized spacial score (nSPS) is 9.58. The molecule has 2 N–H and O–H groups in total. The van der Waals surface area contributed by atoms with Crippen LogP contribution in [0.25, 0.3) is 0 Å². The number of aliphatic hydroxyl groups is 1. The van der Waals surface area contributed by atoms with Crippen LogP contribution in [0.2, 0.25) is 0 Å². The summed E-state index contributed by atoms with van der Waals surface area (Å²) in [5, 5.41) is 14.7. The van der Waals surface area contributed by atoms with Gasteiger partial charge in [0, 0.05) is 12.4 Å². The van der Waals surface area contributed by atoms with Crippen LogP contribution >= 0.6 is 0 Å². The molecule has 0 saturated carbocycles. The number of amides is 1. The zero-order valence-electron chi connectivity index (χ0n) is 10.0. The number of hydrogen-bond donors (Lipinski definition) is 2. The fraction of sp³-hybridized carbons (Fsp3) is 0.167. The molecule has 2 aromatic heterocycles. The van der Waals surface area contributed by atoms with Crippen molar-refractivity contribution in [3.8, 4) is 11.8 Å². The quantitative estimate of drug-likeness (QED) is 0.755. The molecule has 7 heteroatoms. The number of carbonyl (C=O) groups is 1. The molecule has 0 unspecified atom stereocenters. The van der Waals surface area contributed by atoms with Crippen LogP contribution in [0.4, 0.5) is 6.01 Å². The molecule has 2 aromatic rings. The Labute approximate surface area is 108 Å². The molecule has 7 nitrogen and oxygen atoms in total. The summed E-state index contributed by atoms with van der Waals surface area (Å²) in [6.07, 6.45) is 2.91. The summed E-state index contributed by atoms with van der Waals surface area (Å²) in [7, 11) is 0. The van der Waals surface area contributed by atoms with E-state index < -0.39 is 5.91 Å². The average molecular weight is 258 g/mol. The maximum absolute atomic E-state index is 12.0. The molecule has 0 aromatic carbocycles. The zero-order valence-corrected chi connectivity index (χ0v) is 10.0. The molecule has 2 rings (SSSR count). The lowest BCUT2D eigenvalue weighted by Crippen LogP contribution is -2.14. The van der Waals surface area contributed by atoms with Crippen molar-refractivity contribution in [2.45, 2.75) is 6.92 Å². The van der Waals surface area contributed by atoms with Crippen LogP contribution in [-0.4, -0.2) is 32.7 Å². The highest BCUT2D eigenvalue weighted by Gasteiger charge is 2.13. The number of nitrogens with one attached hydrogen (secondary N) is 1. The van der Waals surface area contributed by atoms with Crippen molar-refractivity contribution in [2.24, 2.45) is 0 Å². The fourth-order valence-corrected chi connectivity index (χ4v) is 1.34. The summed E-state index contributed by atoms with van der Waals surface area (Å²) in [6.45, 7) is 1.35. The number of aromatic nitrogens is 3. The Morgan fingerprint density at radius 2 is 2.42 bits per heavy atom. The Balaban J connectivity index is 2.23. The van der Waals surface area contributed by atoms with Gasteiger partial charge in [-0.2, -0.15) is 4.98 Å². The number of pyridine rings is 1. The first-order valence-corrected chi connectivity index (χ1v) is 5.36. The number of aryl methyl sites for hydroxylation is 1. The monoisotopic (exact) mass is 258 g/mol. The first-order valence-electron chi connectivity index (χ1n) is 5.36. The molecule has 0 spiro atoms. The summed E-state index contributed by atoms with van der Waals surface area (Å²) >= 11 is 0. The van der Waals surface area contributed by atoms with E-state index in [4.69, 9.17) is 9.63 Å². The second-order valence-electron chi connectivity index (χ2n) is 3.48. The highest BCUT2D eigenvalue weighted by Crippen LogP contribution is 2.09. The lowest BCUT2D eigenvalue weighted by Gasteiger charge is -2.02. The summed E-state index contributed by atoms with van der Waals surface area (Å²) in [6, 6.07) is 1.53. The number of carbonyl (C=O) groups excluding carboxylic acids is 1. The third-order valence-corrected chi connectivity index (χ3v) is 2.12. The number of anilines is 1. The van der Waals surface area contributed by atoms with Gasteiger partial charge in [0.15, 0.2) is 5.82 Å². The minimum atomic E-state index is -0.437. The van der Waals surface area contributed by atoms with E-state index in [2.05, 4.69) is 32.3 Å². The van der Waals surface area contributed by atoms with Gasteiger partial charge in [-0.15, -0.1) is 0 Å². The van der Waals surface area contributed by atoms with Gasteiger partial charge in [-0.05, 0) is 13.0 Å². The van der Waals surface area contributed by atoms with Gasteiger partial charge in [0.05, 0.1) is 11.1 Å². The van der Waals surface area contributed by atoms with Crippen molar-refractivity contribution in [1.29, 1.82) is 0 Å². The molecule has 0 bridgehead atoms. The van der Waals surface area contributed by atoms with Crippen LogP contribution in [-0.2, 0) is 0 Å². The predicted octanol–water partition coefficient (Wildman–Crippen LogP) is 0.369. The zero-order chi connectivity index (χ0) is 13.7. The Morgan fingerprint density at radius 3 is 3.11 bits per heavy atom. The molecule has 0 atom stereocenters. The lowest BCUT2D eigenvalue weighted by molar-refractivity contribution is 0.102. The smallest absolute Gasteiger partial charge is 0.328 e. The van der Waals surface area contributed by atoms with Gasteiger partial charge in [0.2, 0.25) is 0 Å².